The van der Waals surface area contributed by atoms with Gasteiger partial charge >= 0.3 is 0 Å². The molecule has 1 fully saturated rings. The number of aryl methyl sites for hydroxylation is 1. The number of nitrogens with zero attached hydrogens (tertiary/aromatic N) is 4. The van der Waals surface area contributed by atoms with Crippen molar-refractivity contribution in [2.24, 2.45) is 0 Å². The third-order valence-corrected chi connectivity index (χ3v) is 10.1. The summed E-state index contributed by atoms with van der Waals surface area (Å²) in [7, 11) is -3.54. The van der Waals surface area contributed by atoms with Gasteiger partial charge in [-0.15, -0.1) is 0 Å². The molecule has 1 aromatic heterocycles. The first-order valence-electron chi connectivity index (χ1n) is 16.1. The summed E-state index contributed by atoms with van der Waals surface area (Å²) < 4.78 is 39.8. The van der Waals surface area contributed by atoms with Gasteiger partial charge in [0.05, 0.1) is 29.7 Å². The number of nitrogens with one attached hydrogen (secondary N) is 1. The van der Waals surface area contributed by atoms with Crippen LogP contribution >= 0.6 is 0 Å². The Kier molecular flexibility index (Phi) is 10.9. The van der Waals surface area contributed by atoms with Crippen LogP contribution in [-0.4, -0.2) is 73.5 Å². The Labute approximate surface area is 267 Å². The molecule has 0 spiro atoms. The van der Waals surface area contributed by atoms with Crippen molar-refractivity contribution >= 4 is 26.7 Å². The third-order valence-electron chi connectivity index (χ3n) is 8.23. The smallest absolute Gasteiger partial charge is 0.243 e. The number of hydrogen-bond acceptors (Lipinski definition) is 8. The fourth-order valence-electron chi connectivity index (χ4n) is 5.75. The minimum absolute atomic E-state index is 0.0757. The van der Waals surface area contributed by atoms with Crippen LogP contribution in [0.15, 0.2) is 71.6 Å². The van der Waals surface area contributed by atoms with Gasteiger partial charge in [0.2, 0.25) is 10.0 Å². The second-order valence-electron chi connectivity index (χ2n) is 11.3. The van der Waals surface area contributed by atoms with E-state index in [1.807, 2.05) is 62.4 Å². The highest BCUT2D eigenvalue weighted by Gasteiger charge is 2.31. The predicted octanol–water partition coefficient (Wildman–Crippen LogP) is 6.10. The molecule has 5 rings (SSSR count). The molecule has 0 aliphatic carbocycles. The molecular weight excluding hydrogens is 586 g/mol. The second-order valence-corrected chi connectivity index (χ2v) is 13.2. The number of para-hydroxylation sites is 1. The molecule has 1 saturated heterocycles. The van der Waals surface area contributed by atoms with E-state index >= 15 is 0 Å². The molecular formula is C35H45N5O4S. The van der Waals surface area contributed by atoms with Crippen LogP contribution in [0.1, 0.15) is 57.1 Å². The molecule has 1 atom stereocenters. The van der Waals surface area contributed by atoms with E-state index in [1.165, 1.54) is 0 Å². The number of anilines is 1. The van der Waals surface area contributed by atoms with Crippen molar-refractivity contribution < 1.29 is 17.9 Å². The van der Waals surface area contributed by atoms with Gasteiger partial charge in [0, 0.05) is 38.1 Å². The number of piperazine rings is 1. The van der Waals surface area contributed by atoms with E-state index in [0.29, 0.717) is 50.8 Å². The monoisotopic (exact) mass is 631 g/mol. The minimum Gasteiger partial charge on any atom is -0.490 e. The number of sulfonamides is 1. The number of fused-ring (bicyclic) bond motifs is 1. The summed E-state index contributed by atoms with van der Waals surface area (Å²) in [4.78, 5) is 12.5. The Hall–Kier alpha value is -3.73. The van der Waals surface area contributed by atoms with Crippen LogP contribution in [0.25, 0.3) is 10.9 Å². The van der Waals surface area contributed by atoms with E-state index < -0.39 is 10.0 Å². The van der Waals surface area contributed by atoms with Crippen molar-refractivity contribution in [3.05, 3.63) is 83.7 Å². The van der Waals surface area contributed by atoms with E-state index in [0.717, 1.165) is 64.4 Å². The van der Waals surface area contributed by atoms with E-state index in [2.05, 4.69) is 30.1 Å². The summed E-state index contributed by atoms with van der Waals surface area (Å²) in [5.74, 6) is 3.04. The lowest BCUT2D eigenvalue weighted by molar-refractivity contribution is 0.141. The van der Waals surface area contributed by atoms with Crippen LogP contribution < -0.4 is 14.8 Å². The largest absolute Gasteiger partial charge is 0.490 e. The van der Waals surface area contributed by atoms with Crippen LogP contribution in [-0.2, 0) is 22.9 Å². The predicted molar refractivity (Wildman–Crippen MR) is 180 cm³/mol. The Balaban J connectivity index is 1.26. The van der Waals surface area contributed by atoms with Gasteiger partial charge in [-0.25, -0.2) is 18.4 Å². The average molecular weight is 632 g/mol. The summed E-state index contributed by atoms with van der Waals surface area (Å²) in [6.45, 7) is 12.1. The normalized spacial score (nSPS) is 15.2. The van der Waals surface area contributed by atoms with E-state index in [9.17, 15) is 8.42 Å². The fraction of sp³-hybridized carbons (Fsp3) is 0.429. The molecule has 2 heterocycles. The molecule has 1 aliphatic rings. The lowest BCUT2D eigenvalue weighted by Crippen LogP contribution is -2.49. The quantitative estimate of drug-likeness (QED) is 0.178. The number of ether oxygens (including phenoxy) is 2. The molecule has 9 nitrogen and oxygen atoms in total. The highest BCUT2D eigenvalue weighted by molar-refractivity contribution is 7.89. The molecule has 1 N–H and O–H groups in total. The van der Waals surface area contributed by atoms with E-state index in [4.69, 9.17) is 19.4 Å². The summed E-state index contributed by atoms with van der Waals surface area (Å²) in [6.07, 6.45) is 2.76. The SMILES string of the molecule is CCCc1ccc(S(=O)(=O)N2CCN(C(C)c3nc(NCCc4ccc(OCC)c(OCC)c4)c4ccccc4n3)CC2)cc1. The number of rotatable bonds is 14. The first-order chi connectivity index (χ1) is 21.8. The maximum Gasteiger partial charge on any atom is 0.243 e. The van der Waals surface area contributed by atoms with E-state index in [1.54, 1.807) is 16.4 Å². The minimum atomic E-state index is -3.54. The molecule has 45 heavy (non-hydrogen) atoms. The molecule has 0 radical (unpaired) electrons. The Morgan fingerprint density at radius 2 is 1.51 bits per heavy atom. The van der Waals surface area contributed by atoms with Crippen LogP contribution in [0.4, 0.5) is 5.82 Å². The highest BCUT2D eigenvalue weighted by Crippen LogP contribution is 2.30. The fourth-order valence-corrected chi connectivity index (χ4v) is 7.17. The number of hydrogen-bond donors (Lipinski definition) is 1. The highest BCUT2D eigenvalue weighted by atomic mass is 32.2. The molecule has 0 amide bonds. The Morgan fingerprint density at radius 3 is 2.22 bits per heavy atom. The van der Waals surface area contributed by atoms with Gasteiger partial charge in [-0.3, -0.25) is 4.90 Å². The average Bonchev–Trinajstić information content (AvgIpc) is 3.06. The summed E-state index contributed by atoms with van der Waals surface area (Å²) >= 11 is 0. The van der Waals surface area contributed by atoms with Crippen LogP contribution in [0.2, 0.25) is 0 Å². The lowest BCUT2D eigenvalue weighted by Gasteiger charge is -2.37. The molecule has 0 saturated carbocycles. The van der Waals surface area contributed by atoms with E-state index in [-0.39, 0.29) is 6.04 Å². The Morgan fingerprint density at radius 1 is 0.822 bits per heavy atom. The van der Waals surface area contributed by atoms with Gasteiger partial charge in [0.25, 0.3) is 0 Å². The zero-order valence-corrected chi connectivity index (χ0v) is 27.6. The van der Waals surface area contributed by atoms with Crippen molar-refractivity contribution in [3.8, 4) is 11.5 Å². The van der Waals surface area contributed by atoms with Gasteiger partial charge in [-0.05, 0) is 81.1 Å². The molecule has 240 valence electrons. The molecule has 3 aromatic carbocycles. The molecule has 10 heteroatoms. The van der Waals surface area contributed by atoms with Gasteiger partial charge in [0.15, 0.2) is 11.5 Å². The maximum absolute atomic E-state index is 13.4. The van der Waals surface area contributed by atoms with Crippen molar-refractivity contribution in [2.75, 3.05) is 51.3 Å². The lowest BCUT2D eigenvalue weighted by atomic mass is 10.1. The molecule has 4 aromatic rings. The molecule has 0 bridgehead atoms. The van der Waals surface area contributed by atoms with Gasteiger partial charge < -0.3 is 14.8 Å². The molecule has 1 aliphatic heterocycles. The zero-order chi connectivity index (χ0) is 31.8. The second kappa shape index (κ2) is 15.0. The van der Waals surface area contributed by atoms with Gasteiger partial charge in [-0.1, -0.05) is 43.7 Å². The number of benzene rings is 3. The van der Waals surface area contributed by atoms with Gasteiger partial charge in [-0.2, -0.15) is 4.31 Å². The van der Waals surface area contributed by atoms with Crippen molar-refractivity contribution in [2.45, 2.75) is 57.9 Å². The number of aromatic nitrogens is 2. The molecule has 1 unspecified atom stereocenters. The summed E-state index contributed by atoms with van der Waals surface area (Å²) in [6, 6.07) is 21.4. The van der Waals surface area contributed by atoms with Crippen molar-refractivity contribution in [3.63, 3.8) is 0 Å². The first kappa shape index (κ1) is 32.7. The third kappa shape index (κ3) is 7.74. The standard InChI is InChI=1S/C35H45N5O4S/c1-5-10-27-13-16-29(17-14-27)45(41,42)40-23-21-39(22-24-40)26(4)34-37-31-12-9-8-11-30(31)35(38-34)36-20-19-28-15-18-32(43-6-2)33(25-28)44-7-3/h8-9,11-18,25-26H,5-7,10,19-24H2,1-4H3,(H,36,37,38). The Bertz CT molecular complexity index is 1670. The van der Waals surface area contributed by atoms with Crippen molar-refractivity contribution in [1.82, 2.24) is 19.2 Å². The summed E-state index contributed by atoms with van der Waals surface area (Å²) in [5.41, 5.74) is 3.18. The van der Waals surface area contributed by atoms with Crippen LogP contribution in [0, 0.1) is 0 Å². The van der Waals surface area contributed by atoms with Crippen molar-refractivity contribution in [1.29, 1.82) is 0 Å². The maximum atomic E-state index is 13.4. The van der Waals surface area contributed by atoms with Crippen LogP contribution in [0.3, 0.4) is 0 Å². The first-order valence-corrected chi connectivity index (χ1v) is 17.5. The summed E-state index contributed by atoms with van der Waals surface area (Å²) in [5, 5.41) is 4.52. The topological polar surface area (TPSA) is 96.9 Å². The zero-order valence-electron chi connectivity index (χ0n) is 26.8. The van der Waals surface area contributed by atoms with Crippen LogP contribution in [0.5, 0.6) is 11.5 Å². The van der Waals surface area contributed by atoms with Gasteiger partial charge in [0.1, 0.15) is 11.6 Å².